The molecule has 5 nitrogen and oxygen atoms in total. The number of aromatic nitrogens is 1. The SMILES string of the molecule is CCCCOC(=O)Nc1ccc(C=O)cn1. The average molecular weight is 222 g/mol. The highest BCUT2D eigenvalue weighted by atomic mass is 16.5. The molecule has 1 amide bonds. The summed E-state index contributed by atoms with van der Waals surface area (Å²) in [4.78, 5) is 25.4. The number of hydrogen-bond donors (Lipinski definition) is 1. The zero-order valence-electron chi connectivity index (χ0n) is 9.10. The minimum absolute atomic E-state index is 0.368. The average Bonchev–Trinajstić information content (AvgIpc) is 2.30. The first-order valence-corrected chi connectivity index (χ1v) is 5.11. The molecule has 16 heavy (non-hydrogen) atoms. The number of amides is 1. The number of rotatable bonds is 5. The van der Waals surface area contributed by atoms with E-state index in [-0.39, 0.29) is 0 Å². The first-order valence-electron chi connectivity index (χ1n) is 5.11. The molecule has 0 fully saturated rings. The number of ether oxygens (including phenoxy) is 1. The molecular formula is C11H14N2O3. The van der Waals surface area contributed by atoms with Crippen molar-refractivity contribution in [3.8, 4) is 0 Å². The topological polar surface area (TPSA) is 68.3 Å². The number of hydrogen-bond acceptors (Lipinski definition) is 4. The van der Waals surface area contributed by atoms with E-state index in [1.807, 2.05) is 6.92 Å². The molecule has 1 rings (SSSR count). The Hall–Kier alpha value is -1.91. The number of unbranched alkanes of at least 4 members (excludes halogenated alkanes) is 1. The Balaban J connectivity index is 2.40. The molecule has 5 heteroatoms. The second-order valence-electron chi connectivity index (χ2n) is 3.21. The van der Waals surface area contributed by atoms with Crippen molar-refractivity contribution in [1.29, 1.82) is 0 Å². The van der Waals surface area contributed by atoms with E-state index in [1.54, 1.807) is 12.1 Å². The molecule has 0 spiro atoms. The van der Waals surface area contributed by atoms with Crippen LogP contribution >= 0.6 is 0 Å². The minimum Gasteiger partial charge on any atom is -0.449 e. The standard InChI is InChI=1S/C11H14N2O3/c1-2-3-6-16-11(15)13-10-5-4-9(8-14)7-12-10/h4-5,7-8H,2-3,6H2,1H3,(H,12,13,15). The maximum absolute atomic E-state index is 11.2. The van der Waals surface area contributed by atoms with Crippen LogP contribution in [-0.4, -0.2) is 24.0 Å². The Labute approximate surface area is 93.8 Å². The number of anilines is 1. The predicted octanol–water partition coefficient (Wildman–Crippen LogP) is 2.24. The highest BCUT2D eigenvalue weighted by molar-refractivity contribution is 5.83. The fraction of sp³-hybridized carbons (Fsp3) is 0.364. The fourth-order valence-corrected chi connectivity index (χ4v) is 0.999. The predicted molar refractivity (Wildman–Crippen MR) is 59.5 cm³/mol. The van der Waals surface area contributed by atoms with Crippen molar-refractivity contribution in [2.24, 2.45) is 0 Å². The van der Waals surface area contributed by atoms with Gasteiger partial charge in [-0.25, -0.2) is 9.78 Å². The molecule has 0 unspecified atom stereocenters. The van der Waals surface area contributed by atoms with Crippen LogP contribution in [0.5, 0.6) is 0 Å². The summed E-state index contributed by atoms with van der Waals surface area (Å²) in [5.74, 6) is 0.368. The molecule has 0 atom stereocenters. The van der Waals surface area contributed by atoms with E-state index in [2.05, 4.69) is 10.3 Å². The van der Waals surface area contributed by atoms with Gasteiger partial charge in [-0.2, -0.15) is 0 Å². The van der Waals surface area contributed by atoms with Gasteiger partial charge in [-0.05, 0) is 18.6 Å². The summed E-state index contributed by atoms with van der Waals surface area (Å²) in [6, 6.07) is 3.12. The second kappa shape index (κ2) is 6.55. The lowest BCUT2D eigenvalue weighted by Gasteiger charge is -2.05. The summed E-state index contributed by atoms with van der Waals surface area (Å²) < 4.78 is 4.88. The normalized spacial score (nSPS) is 9.56. The van der Waals surface area contributed by atoms with E-state index in [0.29, 0.717) is 24.3 Å². The van der Waals surface area contributed by atoms with E-state index in [1.165, 1.54) is 6.20 Å². The lowest BCUT2D eigenvalue weighted by molar-refractivity contribution is 0.112. The quantitative estimate of drug-likeness (QED) is 0.612. The monoisotopic (exact) mass is 222 g/mol. The summed E-state index contributed by atoms with van der Waals surface area (Å²) >= 11 is 0. The van der Waals surface area contributed by atoms with Crippen LogP contribution in [0.4, 0.5) is 10.6 Å². The number of carbonyl (C=O) groups excluding carboxylic acids is 2. The summed E-state index contributed by atoms with van der Waals surface area (Å²) in [6.45, 7) is 2.41. The Bertz CT molecular complexity index is 349. The van der Waals surface area contributed by atoms with Gasteiger partial charge in [-0.3, -0.25) is 10.1 Å². The van der Waals surface area contributed by atoms with Gasteiger partial charge in [0.15, 0.2) is 6.29 Å². The molecule has 1 aromatic rings. The molecule has 1 N–H and O–H groups in total. The summed E-state index contributed by atoms with van der Waals surface area (Å²) in [5.41, 5.74) is 0.463. The van der Waals surface area contributed by atoms with Gasteiger partial charge in [0.05, 0.1) is 6.61 Å². The lowest BCUT2D eigenvalue weighted by Crippen LogP contribution is -2.15. The molecule has 86 valence electrons. The van der Waals surface area contributed by atoms with E-state index in [4.69, 9.17) is 4.74 Å². The van der Waals surface area contributed by atoms with Crippen molar-refractivity contribution in [2.45, 2.75) is 19.8 Å². The van der Waals surface area contributed by atoms with E-state index >= 15 is 0 Å². The summed E-state index contributed by atoms with van der Waals surface area (Å²) in [6.07, 6.45) is 3.36. The smallest absolute Gasteiger partial charge is 0.412 e. The fourth-order valence-electron chi connectivity index (χ4n) is 0.999. The molecular weight excluding hydrogens is 208 g/mol. The molecule has 0 bridgehead atoms. The van der Waals surface area contributed by atoms with Crippen LogP contribution in [0.3, 0.4) is 0 Å². The van der Waals surface area contributed by atoms with Crippen LogP contribution < -0.4 is 5.32 Å². The zero-order valence-corrected chi connectivity index (χ0v) is 9.10. The van der Waals surface area contributed by atoms with E-state index in [0.717, 1.165) is 12.8 Å². The maximum Gasteiger partial charge on any atom is 0.412 e. The molecule has 0 saturated carbocycles. The molecule has 0 saturated heterocycles. The van der Waals surface area contributed by atoms with E-state index < -0.39 is 6.09 Å². The molecule has 0 aromatic carbocycles. The van der Waals surface area contributed by atoms with E-state index in [9.17, 15) is 9.59 Å². The third-order valence-corrected chi connectivity index (χ3v) is 1.88. The third-order valence-electron chi connectivity index (χ3n) is 1.88. The Morgan fingerprint density at radius 2 is 2.38 bits per heavy atom. The van der Waals surface area contributed by atoms with Crippen LogP contribution in [0.1, 0.15) is 30.1 Å². The van der Waals surface area contributed by atoms with Crippen LogP contribution in [-0.2, 0) is 4.74 Å². The number of carbonyl (C=O) groups is 2. The van der Waals surface area contributed by atoms with Gasteiger partial charge in [0.1, 0.15) is 5.82 Å². The van der Waals surface area contributed by atoms with Crippen molar-refractivity contribution < 1.29 is 14.3 Å². The Kier molecular flexibility index (Phi) is 4.98. The zero-order chi connectivity index (χ0) is 11.8. The number of pyridine rings is 1. The molecule has 1 heterocycles. The highest BCUT2D eigenvalue weighted by Gasteiger charge is 2.03. The Morgan fingerprint density at radius 1 is 1.56 bits per heavy atom. The molecule has 0 aliphatic heterocycles. The van der Waals surface area contributed by atoms with Gasteiger partial charge in [-0.1, -0.05) is 13.3 Å². The van der Waals surface area contributed by atoms with Crippen molar-refractivity contribution >= 4 is 18.2 Å². The van der Waals surface area contributed by atoms with Gasteiger partial charge in [0, 0.05) is 11.8 Å². The van der Waals surface area contributed by atoms with Gasteiger partial charge in [0.2, 0.25) is 0 Å². The van der Waals surface area contributed by atoms with Gasteiger partial charge >= 0.3 is 6.09 Å². The highest BCUT2D eigenvalue weighted by Crippen LogP contribution is 2.03. The van der Waals surface area contributed by atoms with Crippen molar-refractivity contribution in [1.82, 2.24) is 4.98 Å². The first kappa shape index (κ1) is 12.2. The van der Waals surface area contributed by atoms with Gasteiger partial charge in [-0.15, -0.1) is 0 Å². The van der Waals surface area contributed by atoms with Crippen LogP contribution in [0.15, 0.2) is 18.3 Å². The third kappa shape index (κ3) is 4.08. The van der Waals surface area contributed by atoms with Crippen molar-refractivity contribution in [2.75, 3.05) is 11.9 Å². The molecule has 0 aliphatic carbocycles. The summed E-state index contributed by atoms with van der Waals surface area (Å²) in [7, 11) is 0. The van der Waals surface area contributed by atoms with Crippen molar-refractivity contribution in [3.05, 3.63) is 23.9 Å². The maximum atomic E-state index is 11.2. The largest absolute Gasteiger partial charge is 0.449 e. The molecule has 0 aliphatic rings. The van der Waals surface area contributed by atoms with Crippen LogP contribution in [0.25, 0.3) is 0 Å². The van der Waals surface area contributed by atoms with Gasteiger partial charge < -0.3 is 4.74 Å². The summed E-state index contributed by atoms with van der Waals surface area (Å²) in [5, 5.41) is 2.46. The Morgan fingerprint density at radius 3 is 2.94 bits per heavy atom. The van der Waals surface area contributed by atoms with Crippen molar-refractivity contribution in [3.63, 3.8) is 0 Å². The molecule has 1 aromatic heterocycles. The first-order chi connectivity index (χ1) is 7.76. The molecule has 0 radical (unpaired) electrons. The minimum atomic E-state index is -0.528. The van der Waals surface area contributed by atoms with Crippen LogP contribution in [0.2, 0.25) is 0 Å². The lowest BCUT2D eigenvalue weighted by atomic mass is 10.3. The number of nitrogens with zero attached hydrogens (tertiary/aromatic N) is 1. The number of aldehydes is 1. The van der Waals surface area contributed by atoms with Gasteiger partial charge in [0.25, 0.3) is 0 Å². The second-order valence-corrected chi connectivity index (χ2v) is 3.21. The van der Waals surface area contributed by atoms with Crippen LogP contribution in [0, 0.1) is 0 Å². The number of nitrogens with one attached hydrogen (secondary N) is 1.